The van der Waals surface area contributed by atoms with E-state index in [2.05, 4.69) is 10.3 Å². The molecular formula is C17H18N2O3S. The summed E-state index contributed by atoms with van der Waals surface area (Å²) in [6.45, 7) is 2.51. The first-order chi connectivity index (χ1) is 10.9. The Labute approximate surface area is 135 Å². The number of nitrogens with zero attached hydrogens (tertiary/aromatic N) is 1. The smallest absolute Gasteiger partial charge is 0.200 e. The van der Waals surface area contributed by atoms with E-state index >= 15 is 0 Å². The Hall–Kier alpha value is -2.34. The van der Waals surface area contributed by atoms with Gasteiger partial charge in [-0.15, -0.1) is 0 Å². The molecule has 0 fully saturated rings. The summed E-state index contributed by atoms with van der Waals surface area (Å²) in [7, 11) is -3.27. The molecule has 0 spiro atoms. The maximum Gasteiger partial charge on any atom is 0.200 e. The third kappa shape index (κ3) is 3.37. The molecule has 0 bridgehead atoms. The molecule has 0 aliphatic rings. The SMILES string of the molecule is C[C@@H](CNc1ccccc1S(C)(=O)=O)c1nc2ccccc2o1. The van der Waals surface area contributed by atoms with Gasteiger partial charge in [0.25, 0.3) is 0 Å². The molecule has 0 unspecified atom stereocenters. The molecule has 0 aliphatic heterocycles. The van der Waals surface area contributed by atoms with E-state index in [4.69, 9.17) is 4.42 Å². The fourth-order valence-corrected chi connectivity index (χ4v) is 3.25. The lowest BCUT2D eigenvalue weighted by Gasteiger charge is -2.13. The fourth-order valence-electron chi connectivity index (χ4n) is 2.39. The minimum absolute atomic E-state index is 0.00927. The van der Waals surface area contributed by atoms with E-state index in [1.807, 2.05) is 31.2 Å². The van der Waals surface area contributed by atoms with E-state index < -0.39 is 9.84 Å². The lowest BCUT2D eigenvalue weighted by Crippen LogP contribution is -2.12. The number of rotatable bonds is 5. The zero-order valence-corrected chi connectivity index (χ0v) is 13.8. The Morgan fingerprint density at radius 1 is 1.13 bits per heavy atom. The Kier molecular flexibility index (Phi) is 4.09. The van der Waals surface area contributed by atoms with Crippen molar-refractivity contribution in [2.24, 2.45) is 0 Å². The summed E-state index contributed by atoms with van der Waals surface area (Å²) in [4.78, 5) is 4.77. The van der Waals surface area contributed by atoms with Crippen LogP contribution >= 0.6 is 0 Å². The summed E-state index contributed by atoms with van der Waals surface area (Å²) in [5, 5.41) is 3.18. The van der Waals surface area contributed by atoms with Crippen LogP contribution in [0.15, 0.2) is 57.8 Å². The topological polar surface area (TPSA) is 72.2 Å². The number of sulfone groups is 1. The number of anilines is 1. The molecule has 2 aromatic carbocycles. The minimum atomic E-state index is -3.27. The van der Waals surface area contributed by atoms with E-state index in [9.17, 15) is 8.42 Å². The quantitative estimate of drug-likeness (QED) is 0.776. The molecule has 5 nitrogen and oxygen atoms in total. The molecule has 0 amide bonds. The van der Waals surface area contributed by atoms with Crippen LogP contribution in [0, 0.1) is 0 Å². The van der Waals surface area contributed by atoms with Gasteiger partial charge in [-0.3, -0.25) is 0 Å². The van der Waals surface area contributed by atoms with Gasteiger partial charge in [-0.1, -0.05) is 31.2 Å². The highest BCUT2D eigenvalue weighted by Crippen LogP contribution is 2.24. The van der Waals surface area contributed by atoms with Crippen LogP contribution in [-0.4, -0.2) is 26.2 Å². The number of hydrogen-bond donors (Lipinski definition) is 1. The van der Waals surface area contributed by atoms with Crippen LogP contribution in [0.5, 0.6) is 0 Å². The zero-order chi connectivity index (χ0) is 16.4. The summed E-state index contributed by atoms with van der Waals surface area (Å²) >= 11 is 0. The van der Waals surface area contributed by atoms with E-state index in [0.717, 1.165) is 11.1 Å². The monoisotopic (exact) mass is 330 g/mol. The lowest BCUT2D eigenvalue weighted by molar-refractivity contribution is 0.494. The molecule has 0 aliphatic carbocycles. The van der Waals surface area contributed by atoms with Crippen LogP contribution in [0.25, 0.3) is 11.1 Å². The Morgan fingerprint density at radius 2 is 1.83 bits per heavy atom. The maximum atomic E-state index is 11.8. The molecule has 1 aromatic heterocycles. The number of aromatic nitrogens is 1. The van der Waals surface area contributed by atoms with Crippen molar-refractivity contribution in [1.82, 2.24) is 4.98 Å². The summed E-state index contributed by atoms with van der Waals surface area (Å²) < 4.78 is 29.4. The molecular weight excluding hydrogens is 312 g/mol. The Bertz CT molecular complexity index is 899. The Morgan fingerprint density at radius 3 is 2.57 bits per heavy atom. The largest absolute Gasteiger partial charge is 0.440 e. The van der Waals surface area contributed by atoms with Crippen LogP contribution in [0.2, 0.25) is 0 Å². The van der Waals surface area contributed by atoms with Gasteiger partial charge in [0.05, 0.1) is 16.5 Å². The van der Waals surface area contributed by atoms with Gasteiger partial charge < -0.3 is 9.73 Å². The molecule has 23 heavy (non-hydrogen) atoms. The average molecular weight is 330 g/mol. The van der Waals surface area contributed by atoms with Crippen molar-refractivity contribution in [3.8, 4) is 0 Å². The second-order valence-corrected chi connectivity index (χ2v) is 7.55. The molecule has 1 heterocycles. The van der Waals surface area contributed by atoms with Crippen LogP contribution in [0.3, 0.4) is 0 Å². The highest BCUT2D eigenvalue weighted by atomic mass is 32.2. The Balaban J connectivity index is 1.78. The van der Waals surface area contributed by atoms with Crippen molar-refractivity contribution >= 4 is 26.6 Å². The predicted molar refractivity (Wildman–Crippen MR) is 90.5 cm³/mol. The molecule has 3 rings (SSSR count). The molecule has 3 aromatic rings. The van der Waals surface area contributed by atoms with Crippen LogP contribution in [0.4, 0.5) is 5.69 Å². The van der Waals surface area contributed by atoms with Gasteiger partial charge in [0, 0.05) is 12.8 Å². The zero-order valence-electron chi connectivity index (χ0n) is 13.0. The van der Waals surface area contributed by atoms with Crippen LogP contribution in [0.1, 0.15) is 18.7 Å². The van der Waals surface area contributed by atoms with Gasteiger partial charge in [-0.2, -0.15) is 0 Å². The van der Waals surface area contributed by atoms with Gasteiger partial charge in [0.15, 0.2) is 21.3 Å². The van der Waals surface area contributed by atoms with E-state index in [1.165, 1.54) is 6.26 Å². The number of nitrogens with one attached hydrogen (secondary N) is 1. The summed E-state index contributed by atoms with van der Waals surface area (Å²) in [5.74, 6) is 0.644. The van der Waals surface area contributed by atoms with Crippen molar-refractivity contribution in [3.05, 3.63) is 54.4 Å². The van der Waals surface area contributed by atoms with E-state index in [1.54, 1.807) is 24.3 Å². The summed E-state index contributed by atoms with van der Waals surface area (Å²) in [6, 6.07) is 14.5. The lowest BCUT2D eigenvalue weighted by atomic mass is 10.2. The predicted octanol–water partition coefficient (Wildman–Crippen LogP) is 3.45. The third-order valence-corrected chi connectivity index (χ3v) is 4.77. The minimum Gasteiger partial charge on any atom is -0.440 e. The third-order valence-electron chi connectivity index (χ3n) is 3.62. The van der Waals surface area contributed by atoms with Crippen LogP contribution in [-0.2, 0) is 9.84 Å². The van der Waals surface area contributed by atoms with Crippen LogP contribution < -0.4 is 5.32 Å². The summed E-state index contributed by atoms with van der Waals surface area (Å²) in [5.41, 5.74) is 2.18. The maximum absolute atomic E-state index is 11.8. The molecule has 0 radical (unpaired) electrons. The van der Waals surface area contributed by atoms with Gasteiger partial charge >= 0.3 is 0 Å². The first kappa shape index (κ1) is 15.6. The molecule has 6 heteroatoms. The molecule has 120 valence electrons. The van der Waals surface area contributed by atoms with Gasteiger partial charge in [-0.25, -0.2) is 13.4 Å². The first-order valence-electron chi connectivity index (χ1n) is 7.33. The van der Waals surface area contributed by atoms with Crippen molar-refractivity contribution < 1.29 is 12.8 Å². The summed E-state index contributed by atoms with van der Waals surface area (Å²) in [6.07, 6.45) is 1.21. The standard InChI is InChI=1S/C17H18N2O3S/c1-12(17-19-13-7-3-5-9-15(13)22-17)11-18-14-8-4-6-10-16(14)23(2,20)21/h3-10,12,18H,11H2,1-2H3/t12-/m0/s1. The van der Waals surface area contributed by atoms with E-state index in [0.29, 0.717) is 23.0 Å². The second kappa shape index (κ2) is 6.04. The highest BCUT2D eigenvalue weighted by molar-refractivity contribution is 7.90. The molecule has 1 atom stereocenters. The molecule has 1 N–H and O–H groups in total. The first-order valence-corrected chi connectivity index (χ1v) is 9.23. The second-order valence-electron chi connectivity index (χ2n) is 5.57. The highest BCUT2D eigenvalue weighted by Gasteiger charge is 2.16. The van der Waals surface area contributed by atoms with Crippen molar-refractivity contribution in [1.29, 1.82) is 0 Å². The number of para-hydroxylation sites is 3. The normalized spacial score (nSPS) is 13.1. The molecule has 0 saturated carbocycles. The fraction of sp³-hybridized carbons (Fsp3) is 0.235. The van der Waals surface area contributed by atoms with Gasteiger partial charge in [-0.05, 0) is 24.3 Å². The average Bonchev–Trinajstić information content (AvgIpc) is 2.96. The van der Waals surface area contributed by atoms with Gasteiger partial charge in [0.1, 0.15) is 5.52 Å². The molecule has 0 saturated heterocycles. The number of benzene rings is 2. The van der Waals surface area contributed by atoms with E-state index in [-0.39, 0.29) is 5.92 Å². The van der Waals surface area contributed by atoms with Crippen molar-refractivity contribution in [2.45, 2.75) is 17.7 Å². The number of hydrogen-bond acceptors (Lipinski definition) is 5. The van der Waals surface area contributed by atoms with Gasteiger partial charge in [0.2, 0.25) is 0 Å². The number of fused-ring (bicyclic) bond motifs is 1. The van der Waals surface area contributed by atoms with Crippen molar-refractivity contribution in [2.75, 3.05) is 18.1 Å². The number of oxazole rings is 1. The van der Waals surface area contributed by atoms with Crippen molar-refractivity contribution in [3.63, 3.8) is 0 Å².